The second kappa shape index (κ2) is 2.58. The molecule has 0 saturated carbocycles. The minimum Gasteiger partial charge on any atom is -0.0690 e. The van der Waals surface area contributed by atoms with Crippen molar-refractivity contribution in [3.05, 3.63) is 0 Å². The Morgan fingerprint density at radius 2 is 1.67 bits per heavy atom. The predicted molar refractivity (Wildman–Crippen MR) is 30.5 cm³/mol. The number of hydrogen-bond acceptors (Lipinski definition) is 0. The lowest BCUT2D eigenvalue weighted by atomic mass is 10.6. The van der Waals surface area contributed by atoms with E-state index in [4.69, 9.17) is 0 Å². The van der Waals surface area contributed by atoms with Gasteiger partial charge >= 0.3 is 0 Å². The molecule has 1 fully saturated rings. The van der Waals surface area contributed by atoms with E-state index < -0.39 is 0 Å². The van der Waals surface area contributed by atoms with E-state index in [9.17, 15) is 0 Å². The number of hydrogen-bond donors (Lipinski definition) is 0. The van der Waals surface area contributed by atoms with Crippen molar-refractivity contribution in [3.63, 3.8) is 0 Å². The van der Waals surface area contributed by atoms with Crippen LogP contribution in [0.2, 0.25) is 17.8 Å². The molecule has 0 aromatic rings. The normalized spacial score (nSPS) is 24.0. The Balaban J connectivity index is 2.00. The zero-order chi connectivity index (χ0) is 4.24. The van der Waals surface area contributed by atoms with Crippen LogP contribution in [0.1, 0.15) is 6.42 Å². The van der Waals surface area contributed by atoms with Crippen LogP contribution in [0.4, 0.5) is 0 Å². The van der Waals surface area contributed by atoms with Crippen LogP contribution in [0.3, 0.4) is 0 Å². The van der Waals surface area contributed by atoms with E-state index in [1.807, 2.05) is 0 Å². The minimum atomic E-state index is 1.31. The lowest BCUT2D eigenvalue weighted by Crippen LogP contribution is -2.03. The van der Waals surface area contributed by atoms with Gasteiger partial charge in [-0.1, -0.05) is 24.2 Å². The zero-order valence-corrected chi connectivity index (χ0v) is 5.83. The molecule has 0 spiro atoms. The van der Waals surface area contributed by atoms with Gasteiger partial charge in [0.2, 0.25) is 0 Å². The van der Waals surface area contributed by atoms with Crippen LogP contribution in [0.25, 0.3) is 0 Å². The Hall–Kier alpha value is 0.434. The second-order valence-corrected chi connectivity index (χ2v) is 4.94. The summed E-state index contributed by atoms with van der Waals surface area (Å²) in [7, 11) is 2.63. The lowest BCUT2D eigenvalue weighted by Gasteiger charge is -2.03. The molecule has 1 saturated heterocycles. The fourth-order valence-corrected chi connectivity index (χ4v) is 3.93. The van der Waals surface area contributed by atoms with Gasteiger partial charge in [0.25, 0.3) is 0 Å². The van der Waals surface area contributed by atoms with Gasteiger partial charge in [-0.25, -0.2) is 0 Å². The van der Waals surface area contributed by atoms with Crippen molar-refractivity contribution in [2.45, 2.75) is 24.2 Å². The quantitative estimate of drug-likeness (QED) is 0.410. The highest BCUT2D eigenvalue weighted by molar-refractivity contribution is 6.57. The van der Waals surface area contributed by atoms with Crippen molar-refractivity contribution in [2.75, 3.05) is 0 Å². The third-order valence-electron chi connectivity index (χ3n) is 0.957. The molecule has 0 atom stereocenters. The van der Waals surface area contributed by atoms with Gasteiger partial charge in [-0.05, 0) is 0 Å². The molecule has 0 bridgehead atoms. The van der Waals surface area contributed by atoms with Gasteiger partial charge in [-0.2, -0.15) is 0 Å². The van der Waals surface area contributed by atoms with Gasteiger partial charge in [0.15, 0.2) is 0 Å². The van der Waals surface area contributed by atoms with Crippen molar-refractivity contribution >= 4 is 19.0 Å². The molecule has 6 heavy (non-hydrogen) atoms. The van der Waals surface area contributed by atoms with Crippen LogP contribution in [0, 0.1) is 0 Å². The molecule has 0 unspecified atom stereocenters. The molecule has 2 heteroatoms. The van der Waals surface area contributed by atoms with Crippen LogP contribution >= 0.6 is 0 Å². The molecule has 0 nitrogen and oxygen atoms in total. The van der Waals surface area contributed by atoms with Gasteiger partial charge in [-0.15, -0.1) is 0 Å². The third kappa shape index (κ3) is 1.26. The highest BCUT2D eigenvalue weighted by atomic mass is 28.3. The van der Waals surface area contributed by atoms with Crippen LogP contribution in [0.15, 0.2) is 0 Å². The summed E-state index contributed by atoms with van der Waals surface area (Å²) in [5, 5.41) is 0. The maximum absolute atomic E-state index is 1.56. The molecule has 1 aliphatic heterocycles. The van der Waals surface area contributed by atoms with Crippen LogP contribution < -0.4 is 0 Å². The molecule has 0 N–H and O–H groups in total. The van der Waals surface area contributed by atoms with Crippen LogP contribution in [-0.4, -0.2) is 19.0 Å². The summed E-state index contributed by atoms with van der Waals surface area (Å²) in [4.78, 5) is 0. The smallest absolute Gasteiger partial charge is 0.0342 e. The van der Waals surface area contributed by atoms with E-state index in [0.29, 0.717) is 0 Å². The Labute approximate surface area is 44.0 Å². The number of rotatable bonds is 0. The summed E-state index contributed by atoms with van der Waals surface area (Å²) < 4.78 is 0. The highest BCUT2D eigenvalue weighted by Gasteiger charge is 1.97. The van der Waals surface area contributed by atoms with Crippen molar-refractivity contribution in [1.29, 1.82) is 0 Å². The Bertz CT molecular complexity index is 21.0. The van der Waals surface area contributed by atoms with Gasteiger partial charge in [0, 0.05) is 19.0 Å². The Kier molecular flexibility index (Phi) is 1.97. The first-order valence-electron chi connectivity index (χ1n) is 2.41. The fraction of sp³-hybridized carbons (Fsp3) is 1.00. The average Bonchev–Trinajstić information content (AvgIpc) is 1.72. The molecule has 0 aromatic carbocycles. The standard InChI is InChI=1S/C4H8Si2/c1-2-5-4-6-3-1/h1-4H2. The lowest BCUT2D eigenvalue weighted by molar-refractivity contribution is 1.04. The SMILES string of the molecule is C1C[Si]C[Si]C1. The fourth-order valence-electron chi connectivity index (χ4n) is 0.604. The Morgan fingerprint density at radius 3 is 1.83 bits per heavy atom. The van der Waals surface area contributed by atoms with E-state index in [1.165, 1.54) is 37.5 Å². The molecule has 1 rings (SSSR count). The first-order chi connectivity index (χ1) is 3.00. The minimum absolute atomic E-state index is 1.31. The molecule has 0 aromatic heterocycles. The van der Waals surface area contributed by atoms with Gasteiger partial charge in [0.1, 0.15) is 0 Å². The monoisotopic (exact) mass is 112 g/mol. The largest absolute Gasteiger partial charge is 0.0690 e. The first-order valence-corrected chi connectivity index (χ1v) is 5.24. The molecular formula is C4H8Si2. The summed E-state index contributed by atoms with van der Waals surface area (Å²) >= 11 is 0. The summed E-state index contributed by atoms with van der Waals surface area (Å²) in [6, 6.07) is 3.07. The van der Waals surface area contributed by atoms with Crippen LogP contribution in [0.5, 0.6) is 0 Å². The summed E-state index contributed by atoms with van der Waals surface area (Å²) in [5.74, 6) is 0. The molecule has 4 radical (unpaired) electrons. The average molecular weight is 112 g/mol. The molecule has 1 heterocycles. The first kappa shape index (κ1) is 4.59. The van der Waals surface area contributed by atoms with E-state index in [-0.39, 0.29) is 0 Å². The molecule has 1 aliphatic rings. The van der Waals surface area contributed by atoms with E-state index in [1.54, 1.807) is 5.67 Å². The summed E-state index contributed by atoms with van der Waals surface area (Å²) in [6.07, 6.45) is 1.52. The van der Waals surface area contributed by atoms with Crippen molar-refractivity contribution in [3.8, 4) is 0 Å². The maximum Gasteiger partial charge on any atom is 0.0342 e. The highest BCUT2D eigenvalue weighted by Crippen LogP contribution is 2.04. The van der Waals surface area contributed by atoms with E-state index >= 15 is 0 Å². The van der Waals surface area contributed by atoms with E-state index in [2.05, 4.69) is 0 Å². The van der Waals surface area contributed by atoms with E-state index in [0.717, 1.165) is 0 Å². The van der Waals surface area contributed by atoms with Crippen molar-refractivity contribution < 1.29 is 0 Å². The summed E-state index contributed by atoms with van der Waals surface area (Å²) in [6.45, 7) is 0. The molecule has 0 amide bonds. The van der Waals surface area contributed by atoms with Crippen molar-refractivity contribution in [1.82, 2.24) is 0 Å². The topological polar surface area (TPSA) is 0 Å². The maximum atomic E-state index is 1.56. The molecule has 32 valence electrons. The van der Waals surface area contributed by atoms with Crippen LogP contribution in [-0.2, 0) is 0 Å². The van der Waals surface area contributed by atoms with Crippen molar-refractivity contribution in [2.24, 2.45) is 0 Å². The van der Waals surface area contributed by atoms with Gasteiger partial charge in [-0.3, -0.25) is 0 Å². The zero-order valence-electron chi connectivity index (χ0n) is 3.83. The van der Waals surface area contributed by atoms with Gasteiger partial charge < -0.3 is 0 Å². The Morgan fingerprint density at radius 1 is 1.00 bits per heavy atom. The molecular weight excluding hydrogens is 104 g/mol. The summed E-state index contributed by atoms with van der Waals surface area (Å²) in [5.41, 5.74) is 1.56. The third-order valence-corrected chi connectivity index (χ3v) is 4.37. The predicted octanol–water partition coefficient (Wildman–Crippen LogP) is 1.01. The molecule has 0 aliphatic carbocycles. The van der Waals surface area contributed by atoms with Gasteiger partial charge in [0.05, 0.1) is 0 Å². The second-order valence-electron chi connectivity index (χ2n) is 1.53.